The van der Waals surface area contributed by atoms with Crippen LogP contribution < -0.4 is 0 Å². The number of nitrogens with zero attached hydrogens (tertiary/aromatic N) is 2. The summed E-state index contributed by atoms with van der Waals surface area (Å²) < 4.78 is 13.7. The number of halogens is 4. The molecule has 0 saturated heterocycles. The van der Waals surface area contributed by atoms with Gasteiger partial charge >= 0.3 is 0 Å². The van der Waals surface area contributed by atoms with Crippen molar-refractivity contribution in [3.63, 3.8) is 0 Å². The van der Waals surface area contributed by atoms with E-state index in [1.165, 1.54) is 24.4 Å². The SMILES string of the molecule is OC(c1cccc(Cl)c1F)c1ncc(Cl)nc1Cl. The molecular weight excluding hydrogens is 301 g/mol. The van der Waals surface area contributed by atoms with E-state index in [-0.39, 0.29) is 26.6 Å². The van der Waals surface area contributed by atoms with Crippen molar-refractivity contribution in [2.75, 3.05) is 0 Å². The van der Waals surface area contributed by atoms with Crippen molar-refractivity contribution < 1.29 is 9.50 Å². The zero-order valence-electron chi connectivity index (χ0n) is 8.74. The predicted octanol–water partition coefficient (Wildman–Crippen LogP) is 3.66. The Balaban J connectivity index is 2.48. The van der Waals surface area contributed by atoms with E-state index < -0.39 is 11.9 Å². The van der Waals surface area contributed by atoms with Crippen LogP contribution in [0.2, 0.25) is 15.3 Å². The molecule has 2 rings (SSSR count). The summed E-state index contributed by atoms with van der Waals surface area (Å²) in [5.74, 6) is -0.723. The lowest BCUT2D eigenvalue weighted by Crippen LogP contribution is -2.07. The summed E-state index contributed by atoms with van der Waals surface area (Å²) >= 11 is 17.0. The van der Waals surface area contributed by atoms with Crippen LogP contribution in [0.15, 0.2) is 24.4 Å². The minimum Gasteiger partial charge on any atom is -0.382 e. The number of hydrogen-bond acceptors (Lipinski definition) is 3. The Bertz CT molecular complexity index is 594. The van der Waals surface area contributed by atoms with E-state index in [9.17, 15) is 9.50 Å². The van der Waals surface area contributed by atoms with Crippen molar-refractivity contribution in [2.24, 2.45) is 0 Å². The molecule has 1 unspecified atom stereocenters. The Morgan fingerprint density at radius 1 is 1.22 bits per heavy atom. The van der Waals surface area contributed by atoms with Crippen LogP contribution in [0.25, 0.3) is 0 Å². The zero-order valence-corrected chi connectivity index (χ0v) is 11.0. The second kappa shape index (κ2) is 5.36. The first kappa shape index (κ1) is 13.5. The maximum absolute atomic E-state index is 13.7. The minimum atomic E-state index is -1.36. The molecule has 7 heteroatoms. The lowest BCUT2D eigenvalue weighted by atomic mass is 10.1. The third-order valence-corrected chi connectivity index (χ3v) is 3.01. The molecule has 1 atom stereocenters. The Hall–Kier alpha value is -0.940. The highest BCUT2D eigenvalue weighted by Gasteiger charge is 2.21. The van der Waals surface area contributed by atoms with Gasteiger partial charge in [-0.15, -0.1) is 0 Å². The fourth-order valence-electron chi connectivity index (χ4n) is 1.42. The quantitative estimate of drug-likeness (QED) is 0.921. The van der Waals surface area contributed by atoms with E-state index in [4.69, 9.17) is 34.8 Å². The average Bonchev–Trinajstić information content (AvgIpc) is 2.32. The molecule has 0 fully saturated rings. The smallest absolute Gasteiger partial charge is 0.155 e. The van der Waals surface area contributed by atoms with Gasteiger partial charge in [-0.25, -0.2) is 9.37 Å². The third-order valence-electron chi connectivity index (χ3n) is 2.26. The highest BCUT2D eigenvalue weighted by molar-refractivity contribution is 6.32. The van der Waals surface area contributed by atoms with Crippen LogP contribution in [0.5, 0.6) is 0 Å². The molecule has 2 aromatic rings. The van der Waals surface area contributed by atoms with Gasteiger partial charge in [0, 0.05) is 5.56 Å². The van der Waals surface area contributed by atoms with Gasteiger partial charge in [-0.1, -0.05) is 46.9 Å². The van der Waals surface area contributed by atoms with E-state index in [2.05, 4.69) is 9.97 Å². The van der Waals surface area contributed by atoms with Crippen molar-refractivity contribution in [1.82, 2.24) is 9.97 Å². The van der Waals surface area contributed by atoms with Crippen LogP contribution in [0, 0.1) is 5.82 Å². The number of aliphatic hydroxyl groups is 1. The van der Waals surface area contributed by atoms with Gasteiger partial charge in [-0.2, -0.15) is 0 Å². The first-order valence-electron chi connectivity index (χ1n) is 4.80. The molecule has 0 amide bonds. The molecular formula is C11H6Cl3FN2O. The molecule has 1 aromatic carbocycles. The van der Waals surface area contributed by atoms with E-state index in [1.807, 2.05) is 0 Å². The molecule has 0 aliphatic rings. The lowest BCUT2D eigenvalue weighted by Gasteiger charge is -2.12. The van der Waals surface area contributed by atoms with Crippen LogP contribution in [-0.4, -0.2) is 15.1 Å². The standard InChI is InChI=1S/C11H6Cl3FN2O/c12-6-3-1-2-5(8(6)15)10(18)9-11(14)17-7(13)4-16-9/h1-4,10,18H. The molecule has 1 N–H and O–H groups in total. The Labute approximate surface area is 117 Å². The summed E-state index contributed by atoms with van der Waals surface area (Å²) in [6.45, 7) is 0. The molecule has 3 nitrogen and oxygen atoms in total. The predicted molar refractivity (Wildman–Crippen MR) is 67.5 cm³/mol. The summed E-state index contributed by atoms with van der Waals surface area (Å²) in [5, 5.41) is 9.94. The topological polar surface area (TPSA) is 46.0 Å². The van der Waals surface area contributed by atoms with Crippen molar-refractivity contribution >= 4 is 34.8 Å². The van der Waals surface area contributed by atoms with Crippen molar-refractivity contribution in [3.05, 3.63) is 56.8 Å². The number of aromatic nitrogens is 2. The van der Waals surface area contributed by atoms with Gasteiger partial charge in [-0.05, 0) is 6.07 Å². The fourth-order valence-corrected chi connectivity index (χ4v) is 2.02. The van der Waals surface area contributed by atoms with E-state index in [0.717, 1.165) is 0 Å². The van der Waals surface area contributed by atoms with Crippen molar-refractivity contribution in [1.29, 1.82) is 0 Å². The normalized spacial score (nSPS) is 12.5. The Morgan fingerprint density at radius 3 is 2.61 bits per heavy atom. The van der Waals surface area contributed by atoms with Gasteiger partial charge in [0.1, 0.15) is 22.8 Å². The van der Waals surface area contributed by atoms with Gasteiger partial charge in [-0.3, -0.25) is 4.98 Å². The van der Waals surface area contributed by atoms with E-state index in [0.29, 0.717) is 0 Å². The van der Waals surface area contributed by atoms with Crippen molar-refractivity contribution in [2.45, 2.75) is 6.10 Å². The number of aliphatic hydroxyl groups excluding tert-OH is 1. The third kappa shape index (κ3) is 2.57. The van der Waals surface area contributed by atoms with Crippen LogP contribution in [0.4, 0.5) is 4.39 Å². The first-order chi connectivity index (χ1) is 8.50. The Morgan fingerprint density at radius 2 is 1.94 bits per heavy atom. The number of rotatable bonds is 2. The highest BCUT2D eigenvalue weighted by atomic mass is 35.5. The van der Waals surface area contributed by atoms with Crippen LogP contribution in [0.1, 0.15) is 17.4 Å². The highest BCUT2D eigenvalue weighted by Crippen LogP contribution is 2.30. The average molecular weight is 308 g/mol. The second-order valence-electron chi connectivity index (χ2n) is 3.41. The monoisotopic (exact) mass is 306 g/mol. The summed E-state index contributed by atoms with van der Waals surface area (Å²) in [4.78, 5) is 7.56. The summed E-state index contributed by atoms with van der Waals surface area (Å²) in [5.41, 5.74) is -0.0109. The number of hydrogen-bond donors (Lipinski definition) is 1. The largest absolute Gasteiger partial charge is 0.382 e. The molecule has 18 heavy (non-hydrogen) atoms. The van der Waals surface area contributed by atoms with Crippen LogP contribution >= 0.6 is 34.8 Å². The Kier molecular flexibility index (Phi) is 4.02. The van der Waals surface area contributed by atoms with E-state index in [1.54, 1.807) is 0 Å². The first-order valence-corrected chi connectivity index (χ1v) is 5.94. The molecule has 1 heterocycles. The van der Waals surface area contributed by atoms with Gasteiger partial charge in [0.25, 0.3) is 0 Å². The maximum atomic E-state index is 13.7. The molecule has 0 spiro atoms. The second-order valence-corrected chi connectivity index (χ2v) is 4.57. The molecule has 94 valence electrons. The number of benzene rings is 1. The molecule has 0 bridgehead atoms. The zero-order chi connectivity index (χ0) is 13.3. The molecule has 0 radical (unpaired) electrons. The molecule has 0 aliphatic heterocycles. The summed E-state index contributed by atoms with van der Waals surface area (Å²) in [6.07, 6.45) is -0.144. The van der Waals surface area contributed by atoms with Crippen LogP contribution in [-0.2, 0) is 0 Å². The van der Waals surface area contributed by atoms with Gasteiger partial charge in [0.05, 0.1) is 11.2 Å². The molecule has 0 saturated carbocycles. The van der Waals surface area contributed by atoms with Crippen LogP contribution in [0.3, 0.4) is 0 Å². The molecule has 1 aromatic heterocycles. The molecule has 0 aliphatic carbocycles. The van der Waals surface area contributed by atoms with Crippen molar-refractivity contribution in [3.8, 4) is 0 Å². The minimum absolute atomic E-state index is 0.0160. The summed E-state index contributed by atoms with van der Waals surface area (Å²) in [7, 11) is 0. The van der Waals surface area contributed by atoms with E-state index >= 15 is 0 Å². The van der Waals surface area contributed by atoms with Gasteiger partial charge in [0.15, 0.2) is 5.15 Å². The van der Waals surface area contributed by atoms with Gasteiger partial charge in [0.2, 0.25) is 0 Å². The maximum Gasteiger partial charge on any atom is 0.155 e. The lowest BCUT2D eigenvalue weighted by molar-refractivity contribution is 0.209. The summed E-state index contributed by atoms with van der Waals surface area (Å²) in [6, 6.07) is 4.28. The van der Waals surface area contributed by atoms with Gasteiger partial charge < -0.3 is 5.11 Å². The fraction of sp³-hybridized carbons (Fsp3) is 0.0909.